The Balaban J connectivity index is 1.48. The van der Waals surface area contributed by atoms with E-state index in [0.29, 0.717) is 11.7 Å². The number of nitrogens with one attached hydrogen (secondary N) is 2. The maximum atomic E-state index is 5.82. The monoisotopic (exact) mass is 344 g/mol. The number of para-hydroxylation sites is 1. The highest BCUT2D eigenvalue weighted by molar-refractivity contribution is 7.80. The second-order valence-electron chi connectivity index (χ2n) is 5.64. The first-order valence-electron chi connectivity index (χ1n) is 7.77. The molecule has 1 aliphatic rings. The summed E-state index contributed by atoms with van der Waals surface area (Å²) in [6, 6.07) is 13.6. The number of aryl methyl sites for hydroxylation is 1. The molecular weight excluding hydrogens is 324 g/mol. The molecule has 0 aromatic heterocycles. The molecule has 3 rings (SSSR count). The lowest BCUT2D eigenvalue weighted by molar-refractivity contribution is 0.174. The van der Waals surface area contributed by atoms with Crippen LogP contribution in [-0.2, 0) is 0 Å². The van der Waals surface area contributed by atoms with E-state index in [1.54, 1.807) is 0 Å². The van der Waals surface area contributed by atoms with Gasteiger partial charge in [0, 0.05) is 11.8 Å². The Kier molecular flexibility index (Phi) is 5.05. The predicted molar refractivity (Wildman–Crippen MR) is 98.1 cm³/mol. The van der Waals surface area contributed by atoms with E-state index in [0.717, 1.165) is 28.5 Å². The lowest BCUT2D eigenvalue weighted by atomic mass is 10.2. The van der Waals surface area contributed by atoms with E-state index in [9.17, 15) is 0 Å². The molecule has 0 unspecified atom stereocenters. The maximum Gasteiger partial charge on any atom is 0.231 e. The molecule has 126 valence electrons. The van der Waals surface area contributed by atoms with Crippen molar-refractivity contribution in [3.8, 4) is 17.2 Å². The minimum absolute atomic E-state index is 0.0682. The minimum Gasteiger partial charge on any atom is -0.491 e. The van der Waals surface area contributed by atoms with Crippen LogP contribution in [-0.4, -0.2) is 24.6 Å². The van der Waals surface area contributed by atoms with Gasteiger partial charge in [-0.3, -0.25) is 0 Å². The fourth-order valence-corrected chi connectivity index (χ4v) is 2.66. The summed E-state index contributed by atoms with van der Waals surface area (Å²) in [4.78, 5) is 0. The Bertz CT molecular complexity index is 736. The topological polar surface area (TPSA) is 51.8 Å². The van der Waals surface area contributed by atoms with Gasteiger partial charge in [0.15, 0.2) is 16.6 Å². The lowest BCUT2D eigenvalue weighted by Crippen LogP contribution is -2.39. The molecule has 0 saturated carbocycles. The first kappa shape index (κ1) is 16.4. The standard InChI is InChI=1S/C18H20N2O3S/c1-12-5-3-4-6-15(12)21-10-13(2)19-18(24)20-14-7-8-16-17(9-14)23-11-22-16/h3-9,13H,10-11H2,1-2H3,(H2,19,20,24)/t13-/m1/s1. The first-order chi connectivity index (χ1) is 11.6. The third-order valence-corrected chi connectivity index (χ3v) is 3.81. The van der Waals surface area contributed by atoms with E-state index >= 15 is 0 Å². The van der Waals surface area contributed by atoms with Crippen molar-refractivity contribution in [1.82, 2.24) is 5.32 Å². The number of benzene rings is 2. The molecule has 2 aromatic carbocycles. The molecule has 0 bridgehead atoms. The quantitative estimate of drug-likeness (QED) is 0.810. The number of hydrogen-bond acceptors (Lipinski definition) is 4. The molecule has 1 heterocycles. The summed E-state index contributed by atoms with van der Waals surface area (Å²) in [6.07, 6.45) is 0. The molecule has 24 heavy (non-hydrogen) atoms. The SMILES string of the molecule is Cc1ccccc1OC[C@@H](C)NC(=S)Nc1ccc2c(c1)OCO2. The van der Waals surface area contributed by atoms with Gasteiger partial charge in [0.1, 0.15) is 12.4 Å². The molecule has 2 N–H and O–H groups in total. The number of rotatable bonds is 5. The molecule has 0 aliphatic carbocycles. The minimum atomic E-state index is 0.0682. The largest absolute Gasteiger partial charge is 0.491 e. The normalized spacial score (nSPS) is 13.2. The van der Waals surface area contributed by atoms with Crippen molar-refractivity contribution in [2.24, 2.45) is 0 Å². The van der Waals surface area contributed by atoms with Crippen LogP contribution in [0, 0.1) is 6.92 Å². The number of anilines is 1. The van der Waals surface area contributed by atoms with E-state index in [2.05, 4.69) is 10.6 Å². The molecule has 6 heteroatoms. The van der Waals surface area contributed by atoms with Crippen molar-refractivity contribution >= 4 is 23.0 Å². The Morgan fingerprint density at radius 1 is 1.21 bits per heavy atom. The zero-order chi connectivity index (χ0) is 16.9. The van der Waals surface area contributed by atoms with Crippen molar-refractivity contribution in [3.05, 3.63) is 48.0 Å². The fourth-order valence-electron chi connectivity index (χ4n) is 2.34. The van der Waals surface area contributed by atoms with E-state index < -0.39 is 0 Å². The van der Waals surface area contributed by atoms with Crippen LogP contribution in [0.25, 0.3) is 0 Å². The summed E-state index contributed by atoms with van der Waals surface area (Å²) < 4.78 is 16.5. The third-order valence-electron chi connectivity index (χ3n) is 3.59. The fraction of sp³-hybridized carbons (Fsp3) is 0.278. The summed E-state index contributed by atoms with van der Waals surface area (Å²) in [6.45, 7) is 4.83. The second kappa shape index (κ2) is 7.40. The average molecular weight is 344 g/mol. The van der Waals surface area contributed by atoms with Crippen LogP contribution in [0.4, 0.5) is 5.69 Å². The van der Waals surface area contributed by atoms with Gasteiger partial charge in [-0.25, -0.2) is 0 Å². The number of ether oxygens (including phenoxy) is 3. The Labute approximate surface area is 146 Å². The van der Waals surface area contributed by atoms with Gasteiger partial charge in [0.05, 0.1) is 6.04 Å². The first-order valence-corrected chi connectivity index (χ1v) is 8.18. The average Bonchev–Trinajstić information content (AvgIpc) is 3.01. The Morgan fingerprint density at radius 3 is 2.83 bits per heavy atom. The van der Waals surface area contributed by atoms with Crippen LogP contribution >= 0.6 is 12.2 Å². The number of hydrogen-bond donors (Lipinski definition) is 2. The second-order valence-corrected chi connectivity index (χ2v) is 6.05. The van der Waals surface area contributed by atoms with Crippen LogP contribution in [0.2, 0.25) is 0 Å². The van der Waals surface area contributed by atoms with Gasteiger partial charge in [-0.15, -0.1) is 0 Å². The van der Waals surface area contributed by atoms with E-state index in [4.69, 9.17) is 26.4 Å². The summed E-state index contributed by atoms with van der Waals surface area (Å²) in [7, 11) is 0. The van der Waals surface area contributed by atoms with Crippen molar-refractivity contribution in [3.63, 3.8) is 0 Å². The Hall–Kier alpha value is -2.47. The highest BCUT2D eigenvalue weighted by Crippen LogP contribution is 2.34. The molecule has 2 aromatic rings. The summed E-state index contributed by atoms with van der Waals surface area (Å²) >= 11 is 5.35. The van der Waals surface area contributed by atoms with Crippen molar-refractivity contribution < 1.29 is 14.2 Å². The van der Waals surface area contributed by atoms with E-state index in [-0.39, 0.29) is 12.8 Å². The predicted octanol–water partition coefficient (Wildman–Crippen LogP) is 3.48. The molecule has 0 spiro atoms. The molecular formula is C18H20N2O3S. The molecule has 0 amide bonds. The maximum absolute atomic E-state index is 5.82. The molecule has 0 saturated heterocycles. The smallest absolute Gasteiger partial charge is 0.231 e. The molecule has 0 radical (unpaired) electrons. The number of thiocarbonyl (C=S) groups is 1. The highest BCUT2D eigenvalue weighted by atomic mass is 32.1. The van der Waals surface area contributed by atoms with Crippen LogP contribution in [0.5, 0.6) is 17.2 Å². The molecule has 0 fully saturated rings. The van der Waals surface area contributed by atoms with Crippen molar-refractivity contribution in [1.29, 1.82) is 0 Å². The van der Waals surface area contributed by atoms with Gasteiger partial charge in [-0.2, -0.15) is 0 Å². The van der Waals surface area contributed by atoms with E-state index in [1.807, 2.05) is 56.3 Å². The molecule has 5 nitrogen and oxygen atoms in total. The Morgan fingerprint density at radius 2 is 2.00 bits per heavy atom. The summed E-state index contributed by atoms with van der Waals surface area (Å²) in [5.74, 6) is 2.36. The summed E-state index contributed by atoms with van der Waals surface area (Å²) in [5, 5.41) is 6.89. The van der Waals surface area contributed by atoms with Crippen LogP contribution in [0.1, 0.15) is 12.5 Å². The van der Waals surface area contributed by atoms with Gasteiger partial charge >= 0.3 is 0 Å². The van der Waals surface area contributed by atoms with E-state index in [1.165, 1.54) is 0 Å². The van der Waals surface area contributed by atoms with Gasteiger partial charge in [-0.05, 0) is 49.8 Å². The van der Waals surface area contributed by atoms with Crippen molar-refractivity contribution in [2.45, 2.75) is 19.9 Å². The van der Waals surface area contributed by atoms with Crippen LogP contribution in [0.15, 0.2) is 42.5 Å². The van der Waals surface area contributed by atoms with Crippen molar-refractivity contribution in [2.75, 3.05) is 18.7 Å². The van der Waals surface area contributed by atoms with Crippen LogP contribution < -0.4 is 24.8 Å². The zero-order valence-corrected chi connectivity index (χ0v) is 14.5. The molecule has 1 atom stereocenters. The van der Waals surface area contributed by atoms with Gasteiger partial charge < -0.3 is 24.8 Å². The van der Waals surface area contributed by atoms with Gasteiger partial charge in [0.25, 0.3) is 0 Å². The van der Waals surface area contributed by atoms with Gasteiger partial charge in [0.2, 0.25) is 6.79 Å². The zero-order valence-electron chi connectivity index (χ0n) is 13.7. The molecule has 1 aliphatic heterocycles. The lowest BCUT2D eigenvalue weighted by Gasteiger charge is -2.18. The van der Waals surface area contributed by atoms with Crippen LogP contribution in [0.3, 0.4) is 0 Å². The highest BCUT2D eigenvalue weighted by Gasteiger charge is 2.14. The summed E-state index contributed by atoms with van der Waals surface area (Å²) in [5.41, 5.74) is 1.97. The third kappa shape index (κ3) is 4.08. The number of fused-ring (bicyclic) bond motifs is 1. The van der Waals surface area contributed by atoms with Gasteiger partial charge in [-0.1, -0.05) is 18.2 Å².